The minimum absolute atomic E-state index is 0.00773. The van der Waals surface area contributed by atoms with Crippen molar-refractivity contribution in [3.63, 3.8) is 0 Å². The summed E-state index contributed by atoms with van der Waals surface area (Å²) in [5.41, 5.74) is 0.379. The maximum atomic E-state index is 11.0. The van der Waals surface area contributed by atoms with Crippen LogP contribution in [0.1, 0.15) is 19.3 Å². The average molecular weight is 287 g/mol. The molecule has 0 aliphatic heterocycles. The van der Waals surface area contributed by atoms with Gasteiger partial charge in [-0.15, -0.1) is 0 Å². The summed E-state index contributed by atoms with van der Waals surface area (Å²) >= 11 is 0. The third kappa shape index (κ3) is 3.28. The van der Waals surface area contributed by atoms with Crippen LogP contribution in [0.25, 0.3) is 10.9 Å². The molecule has 6 nitrogen and oxygen atoms in total. The van der Waals surface area contributed by atoms with E-state index in [1.807, 2.05) is 0 Å². The van der Waals surface area contributed by atoms with Crippen molar-refractivity contribution in [3.05, 3.63) is 40.6 Å². The lowest BCUT2D eigenvalue weighted by Crippen LogP contribution is -2.19. The van der Waals surface area contributed by atoms with Gasteiger partial charge in [-0.1, -0.05) is 0 Å². The SMILES string of the molecule is O=[N+]([O-])c1ccc(OCCCNC2CC2)c2cccnc12. The molecule has 1 aromatic heterocycles. The normalized spacial score (nSPS) is 14.3. The van der Waals surface area contributed by atoms with Gasteiger partial charge in [0.1, 0.15) is 5.75 Å². The number of fused-ring (bicyclic) bond motifs is 1. The number of hydrogen-bond donors (Lipinski definition) is 1. The van der Waals surface area contributed by atoms with Crippen molar-refractivity contribution >= 4 is 16.6 Å². The molecule has 1 saturated carbocycles. The Morgan fingerprint density at radius 2 is 2.24 bits per heavy atom. The van der Waals surface area contributed by atoms with E-state index in [0.29, 0.717) is 29.3 Å². The lowest BCUT2D eigenvalue weighted by molar-refractivity contribution is -0.383. The lowest BCUT2D eigenvalue weighted by atomic mass is 10.1. The van der Waals surface area contributed by atoms with E-state index in [2.05, 4.69) is 10.3 Å². The molecule has 0 unspecified atom stereocenters. The summed E-state index contributed by atoms with van der Waals surface area (Å²) in [7, 11) is 0. The second-order valence-electron chi connectivity index (χ2n) is 5.17. The Morgan fingerprint density at radius 3 is 3.00 bits per heavy atom. The monoisotopic (exact) mass is 287 g/mol. The number of non-ortho nitro benzene ring substituents is 1. The van der Waals surface area contributed by atoms with E-state index in [-0.39, 0.29) is 5.69 Å². The highest BCUT2D eigenvalue weighted by Crippen LogP contribution is 2.31. The van der Waals surface area contributed by atoms with E-state index in [1.54, 1.807) is 24.4 Å². The molecular weight excluding hydrogens is 270 g/mol. The third-order valence-electron chi connectivity index (χ3n) is 3.49. The highest BCUT2D eigenvalue weighted by Gasteiger charge is 2.19. The summed E-state index contributed by atoms with van der Waals surface area (Å²) in [4.78, 5) is 14.7. The zero-order valence-corrected chi connectivity index (χ0v) is 11.6. The summed E-state index contributed by atoms with van der Waals surface area (Å²) in [6, 6.07) is 7.36. The summed E-state index contributed by atoms with van der Waals surface area (Å²) < 4.78 is 5.75. The summed E-state index contributed by atoms with van der Waals surface area (Å²) in [5, 5.41) is 15.1. The van der Waals surface area contributed by atoms with Gasteiger partial charge >= 0.3 is 0 Å². The molecule has 3 rings (SSSR count). The Hall–Kier alpha value is -2.21. The number of pyridine rings is 1. The minimum atomic E-state index is -0.418. The topological polar surface area (TPSA) is 77.3 Å². The predicted octanol–water partition coefficient (Wildman–Crippen LogP) is 2.66. The smallest absolute Gasteiger partial charge is 0.295 e. The Balaban J connectivity index is 1.69. The molecule has 21 heavy (non-hydrogen) atoms. The number of nitro benzene ring substituents is 1. The van der Waals surface area contributed by atoms with Crippen LogP contribution in [0.3, 0.4) is 0 Å². The maximum Gasteiger partial charge on any atom is 0.295 e. The molecule has 0 spiro atoms. The van der Waals surface area contributed by atoms with Crippen molar-refractivity contribution in [1.29, 1.82) is 0 Å². The van der Waals surface area contributed by atoms with Gasteiger partial charge in [-0.05, 0) is 44.0 Å². The van der Waals surface area contributed by atoms with Crippen LogP contribution >= 0.6 is 0 Å². The fourth-order valence-corrected chi connectivity index (χ4v) is 2.25. The number of rotatable bonds is 7. The molecule has 1 heterocycles. The summed E-state index contributed by atoms with van der Waals surface area (Å²) in [6.45, 7) is 1.52. The molecule has 1 fully saturated rings. The van der Waals surface area contributed by atoms with Crippen LogP contribution in [0.4, 0.5) is 5.69 Å². The van der Waals surface area contributed by atoms with Crippen LogP contribution < -0.4 is 10.1 Å². The van der Waals surface area contributed by atoms with Crippen LogP contribution in [0.15, 0.2) is 30.5 Å². The molecular formula is C15H17N3O3. The van der Waals surface area contributed by atoms with Crippen molar-refractivity contribution in [2.75, 3.05) is 13.2 Å². The van der Waals surface area contributed by atoms with E-state index in [0.717, 1.165) is 13.0 Å². The molecule has 0 saturated heterocycles. The molecule has 1 aliphatic rings. The van der Waals surface area contributed by atoms with E-state index in [9.17, 15) is 10.1 Å². The predicted molar refractivity (Wildman–Crippen MR) is 79.5 cm³/mol. The number of hydrogen-bond acceptors (Lipinski definition) is 5. The van der Waals surface area contributed by atoms with Gasteiger partial charge in [0.2, 0.25) is 0 Å². The van der Waals surface area contributed by atoms with Crippen LogP contribution in [0.2, 0.25) is 0 Å². The highest BCUT2D eigenvalue weighted by molar-refractivity contribution is 5.91. The van der Waals surface area contributed by atoms with Gasteiger partial charge in [0.05, 0.1) is 11.5 Å². The Bertz CT molecular complexity index is 656. The van der Waals surface area contributed by atoms with Gasteiger partial charge in [0, 0.05) is 23.7 Å². The van der Waals surface area contributed by atoms with E-state index in [1.165, 1.54) is 18.9 Å². The molecule has 2 aromatic rings. The second-order valence-corrected chi connectivity index (χ2v) is 5.17. The van der Waals surface area contributed by atoms with E-state index in [4.69, 9.17) is 4.74 Å². The lowest BCUT2D eigenvalue weighted by Gasteiger charge is -2.09. The molecule has 1 N–H and O–H groups in total. The number of ether oxygens (including phenoxy) is 1. The van der Waals surface area contributed by atoms with Crippen molar-refractivity contribution in [2.24, 2.45) is 0 Å². The first-order valence-corrected chi connectivity index (χ1v) is 7.14. The van der Waals surface area contributed by atoms with Gasteiger partial charge < -0.3 is 10.1 Å². The number of nitrogens with one attached hydrogen (secondary N) is 1. The van der Waals surface area contributed by atoms with Crippen LogP contribution in [0, 0.1) is 10.1 Å². The van der Waals surface area contributed by atoms with Crippen LogP contribution in [-0.2, 0) is 0 Å². The fraction of sp³-hybridized carbons (Fsp3) is 0.400. The largest absolute Gasteiger partial charge is 0.493 e. The quantitative estimate of drug-likeness (QED) is 0.481. The van der Waals surface area contributed by atoms with Gasteiger partial charge in [0.15, 0.2) is 5.52 Å². The highest BCUT2D eigenvalue weighted by atomic mass is 16.6. The first-order chi connectivity index (χ1) is 10.3. The van der Waals surface area contributed by atoms with Crippen molar-refractivity contribution in [1.82, 2.24) is 10.3 Å². The zero-order chi connectivity index (χ0) is 14.7. The Kier molecular flexibility index (Phi) is 3.96. The summed E-state index contributed by atoms with van der Waals surface area (Å²) in [6.07, 6.45) is 5.02. The molecule has 0 bridgehead atoms. The second kappa shape index (κ2) is 6.05. The molecule has 0 amide bonds. The van der Waals surface area contributed by atoms with Crippen LogP contribution in [0.5, 0.6) is 5.75 Å². The first-order valence-electron chi connectivity index (χ1n) is 7.14. The fourth-order valence-electron chi connectivity index (χ4n) is 2.25. The maximum absolute atomic E-state index is 11.0. The Labute approximate surface area is 122 Å². The minimum Gasteiger partial charge on any atom is -0.493 e. The van der Waals surface area contributed by atoms with Gasteiger partial charge in [-0.3, -0.25) is 10.1 Å². The Morgan fingerprint density at radius 1 is 1.38 bits per heavy atom. The molecule has 0 radical (unpaired) electrons. The zero-order valence-electron chi connectivity index (χ0n) is 11.6. The molecule has 0 atom stereocenters. The van der Waals surface area contributed by atoms with E-state index < -0.39 is 4.92 Å². The van der Waals surface area contributed by atoms with Crippen LogP contribution in [-0.4, -0.2) is 29.1 Å². The molecule has 1 aromatic carbocycles. The number of aromatic nitrogens is 1. The van der Waals surface area contributed by atoms with Crippen molar-refractivity contribution < 1.29 is 9.66 Å². The number of nitrogens with zero attached hydrogens (tertiary/aromatic N) is 2. The van der Waals surface area contributed by atoms with Gasteiger partial charge in [-0.25, -0.2) is 4.98 Å². The number of nitro groups is 1. The third-order valence-corrected chi connectivity index (χ3v) is 3.49. The van der Waals surface area contributed by atoms with Gasteiger partial charge in [0.25, 0.3) is 5.69 Å². The first kappa shape index (κ1) is 13.8. The van der Waals surface area contributed by atoms with Crippen molar-refractivity contribution in [2.45, 2.75) is 25.3 Å². The average Bonchev–Trinajstić information content (AvgIpc) is 3.30. The van der Waals surface area contributed by atoms with Crippen molar-refractivity contribution in [3.8, 4) is 5.75 Å². The van der Waals surface area contributed by atoms with Gasteiger partial charge in [-0.2, -0.15) is 0 Å². The van der Waals surface area contributed by atoms with E-state index >= 15 is 0 Å². The molecule has 110 valence electrons. The molecule has 6 heteroatoms. The number of benzene rings is 1. The standard InChI is InChI=1S/C15H17N3O3/c19-18(20)13-6-7-14(12-3-1-8-17-15(12)13)21-10-2-9-16-11-4-5-11/h1,3,6-8,11,16H,2,4-5,9-10H2. The summed E-state index contributed by atoms with van der Waals surface area (Å²) in [5.74, 6) is 0.648. The molecule has 1 aliphatic carbocycles.